The van der Waals surface area contributed by atoms with E-state index in [2.05, 4.69) is 55.1 Å². The van der Waals surface area contributed by atoms with E-state index in [1.54, 1.807) is 4.68 Å². The van der Waals surface area contributed by atoms with Gasteiger partial charge in [0.05, 0.1) is 16.7 Å². The average Bonchev–Trinajstić information content (AvgIpc) is 3.37. The summed E-state index contributed by atoms with van der Waals surface area (Å²) in [5, 5.41) is 18.3. The molecule has 0 bridgehead atoms. The van der Waals surface area contributed by atoms with Crippen LogP contribution in [-0.2, 0) is 11.4 Å². The molecule has 0 fully saturated rings. The van der Waals surface area contributed by atoms with Crippen molar-refractivity contribution in [3.63, 3.8) is 0 Å². The quantitative estimate of drug-likeness (QED) is 0.262. The van der Waals surface area contributed by atoms with Gasteiger partial charge in [0.1, 0.15) is 12.6 Å². The smallest absolute Gasteiger partial charge is 0.255 e. The molecule has 200 valence electrons. The van der Waals surface area contributed by atoms with Crippen LogP contribution in [0.4, 0.5) is 11.6 Å². The molecule has 0 saturated heterocycles. The van der Waals surface area contributed by atoms with Crippen molar-refractivity contribution in [3.8, 4) is 11.5 Å². The Hall–Kier alpha value is -4.18. The lowest BCUT2D eigenvalue weighted by Gasteiger charge is -2.28. The summed E-state index contributed by atoms with van der Waals surface area (Å²) in [6, 6.07) is 18.9. The van der Waals surface area contributed by atoms with Gasteiger partial charge in [0.15, 0.2) is 11.5 Å². The fourth-order valence-electron chi connectivity index (χ4n) is 4.52. The molecule has 0 radical (unpaired) electrons. The van der Waals surface area contributed by atoms with Crippen LogP contribution >= 0.6 is 15.9 Å². The van der Waals surface area contributed by atoms with Crippen molar-refractivity contribution in [1.82, 2.24) is 20.2 Å². The van der Waals surface area contributed by atoms with Gasteiger partial charge >= 0.3 is 0 Å². The first-order valence-electron chi connectivity index (χ1n) is 12.6. The van der Waals surface area contributed by atoms with Crippen LogP contribution in [0.3, 0.4) is 0 Å². The van der Waals surface area contributed by atoms with E-state index in [-0.39, 0.29) is 5.91 Å². The van der Waals surface area contributed by atoms with Crippen LogP contribution in [-0.4, -0.2) is 32.7 Å². The Morgan fingerprint density at radius 2 is 1.85 bits per heavy atom. The van der Waals surface area contributed by atoms with Crippen molar-refractivity contribution in [1.29, 1.82) is 0 Å². The van der Waals surface area contributed by atoms with E-state index in [0.717, 1.165) is 22.3 Å². The zero-order valence-electron chi connectivity index (χ0n) is 22.2. The first-order chi connectivity index (χ1) is 18.9. The van der Waals surface area contributed by atoms with Crippen LogP contribution in [0.1, 0.15) is 42.1 Å². The van der Waals surface area contributed by atoms with Gasteiger partial charge in [-0.2, -0.15) is 4.68 Å². The number of hydrogen-bond acceptors (Lipinski definition) is 7. The molecule has 9 nitrogen and oxygen atoms in total. The van der Waals surface area contributed by atoms with Gasteiger partial charge in [-0.25, -0.2) is 0 Å². The number of carbonyl (C=O) groups excluding carboxylic acids is 1. The lowest BCUT2D eigenvalue weighted by atomic mass is 9.94. The molecule has 10 heteroatoms. The van der Waals surface area contributed by atoms with Crippen LogP contribution in [0.15, 0.2) is 76.4 Å². The second kappa shape index (κ2) is 11.3. The fourth-order valence-corrected chi connectivity index (χ4v) is 5.09. The molecule has 1 aliphatic heterocycles. The molecule has 1 amide bonds. The number of carbonyl (C=O) groups is 1. The molecule has 39 heavy (non-hydrogen) atoms. The molecular weight excluding hydrogens is 560 g/mol. The van der Waals surface area contributed by atoms with E-state index < -0.39 is 6.04 Å². The SMILES string of the molecule is CCOc1cc(C2C(C(=O)Nc3ccc(C)cc3)=C(C)Nc3nnnn32)cc(Br)c1OCc1ccccc1C. The number of ether oxygens (including phenoxy) is 2. The van der Waals surface area contributed by atoms with Crippen LogP contribution in [0.5, 0.6) is 11.5 Å². The Kier molecular flexibility index (Phi) is 7.65. The van der Waals surface area contributed by atoms with E-state index >= 15 is 0 Å². The third-order valence-electron chi connectivity index (χ3n) is 6.55. The van der Waals surface area contributed by atoms with Crippen molar-refractivity contribution in [2.45, 2.75) is 40.3 Å². The fraction of sp³-hybridized carbons (Fsp3) is 0.241. The van der Waals surface area contributed by atoms with Crippen LogP contribution in [0, 0.1) is 13.8 Å². The number of nitrogens with one attached hydrogen (secondary N) is 2. The Labute approximate surface area is 235 Å². The average molecular weight is 589 g/mol. The monoisotopic (exact) mass is 588 g/mol. The number of aryl methyl sites for hydroxylation is 2. The van der Waals surface area contributed by atoms with Gasteiger partial charge < -0.3 is 20.1 Å². The molecule has 5 rings (SSSR count). The first-order valence-corrected chi connectivity index (χ1v) is 13.4. The summed E-state index contributed by atoms with van der Waals surface area (Å²) in [5.41, 5.74) is 5.94. The van der Waals surface area contributed by atoms with Crippen LogP contribution in [0.2, 0.25) is 0 Å². The van der Waals surface area contributed by atoms with E-state index in [9.17, 15) is 4.79 Å². The maximum absolute atomic E-state index is 13.7. The van der Waals surface area contributed by atoms with E-state index in [0.29, 0.717) is 52.1 Å². The number of anilines is 2. The molecular formula is C29H29BrN6O3. The zero-order valence-corrected chi connectivity index (χ0v) is 23.7. The third kappa shape index (κ3) is 5.51. The molecule has 2 heterocycles. The Bertz CT molecular complexity index is 1550. The number of fused-ring (bicyclic) bond motifs is 1. The topological polar surface area (TPSA) is 103 Å². The van der Waals surface area contributed by atoms with E-state index in [4.69, 9.17) is 9.47 Å². The summed E-state index contributed by atoms with van der Waals surface area (Å²) in [6.07, 6.45) is 0. The highest BCUT2D eigenvalue weighted by atomic mass is 79.9. The highest BCUT2D eigenvalue weighted by Gasteiger charge is 2.35. The number of amides is 1. The molecule has 0 aliphatic carbocycles. The van der Waals surface area contributed by atoms with Gasteiger partial charge in [-0.15, -0.1) is 0 Å². The first kappa shape index (κ1) is 26.4. The maximum Gasteiger partial charge on any atom is 0.255 e. The molecule has 0 spiro atoms. The van der Waals surface area contributed by atoms with Crippen molar-refractivity contribution >= 4 is 33.5 Å². The van der Waals surface area contributed by atoms with E-state index in [1.165, 1.54) is 0 Å². The Balaban J connectivity index is 1.53. The molecule has 1 aliphatic rings. The van der Waals surface area contributed by atoms with Crippen LogP contribution in [0.25, 0.3) is 0 Å². The lowest BCUT2D eigenvalue weighted by molar-refractivity contribution is -0.113. The standard InChI is InChI=1S/C29H29BrN6O3/c1-5-38-24-15-21(14-23(30)27(24)39-16-20-9-7-6-8-18(20)3)26-25(19(4)31-29-33-34-35-36(26)29)28(37)32-22-12-10-17(2)11-13-22/h6-15,26H,5,16H2,1-4H3,(H,32,37)(H,31,33,35). The van der Waals surface area contributed by atoms with Gasteiger partial charge in [-0.05, 0) is 95.0 Å². The molecule has 3 aromatic carbocycles. The summed E-state index contributed by atoms with van der Waals surface area (Å²) in [4.78, 5) is 13.7. The minimum Gasteiger partial charge on any atom is -0.490 e. The van der Waals surface area contributed by atoms with Gasteiger partial charge in [0.25, 0.3) is 5.91 Å². The number of aromatic nitrogens is 4. The molecule has 1 unspecified atom stereocenters. The largest absolute Gasteiger partial charge is 0.490 e. The van der Waals surface area contributed by atoms with Gasteiger partial charge in [-0.3, -0.25) is 4.79 Å². The van der Waals surface area contributed by atoms with Gasteiger partial charge in [-0.1, -0.05) is 47.1 Å². The van der Waals surface area contributed by atoms with E-state index in [1.807, 2.05) is 75.4 Å². The molecule has 0 saturated carbocycles. The summed E-state index contributed by atoms with van der Waals surface area (Å²) < 4.78 is 14.6. The minimum atomic E-state index is -0.609. The number of nitrogens with zero attached hydrogens (tertiary/aromatic N) is 4. The van der Waals surface area contributed by atoms with Crippen molar-refractivity contribution in [2.75, 3.05) is 17.2 Å². The minimum absolute atomic E-state index is 0.260. The Morgan fingerprint density at radius 3 is 2.59 bits per heavy atom. The number of hydrogen-bond donors (Lipinski definition) is 2. The lowest BCUT2D eigenvalue weighted by Crippen LogP contribution is -2.31. The third-order valence-corrected chi connectivity index (χ3v) is 7.14. The normalized spacial score (nSPS) is 14.4. The molecule has 1 aromatic heterocycles. The number of tetrazole rings is 1. The predicted molar refractivity (Wildman–Crippen MR) is 153 cm³/mol. The summed E-state index contributed by atoms with van der Waals surface area (Å²) in [5.74, 6) is 1.32. The zero-order chi connectivity index (χ0) is 27.5. The van der Waals surface area contributed by atoms with Crippen molar-refractivity contribution in [3.05, 3.63) is 98.7 Å². The second-order valence-corrected chi connectivity index (χ2v) is 10.2. The summed E-state index contributed by atoms with van der Waals surface area (Å²) >= 11 is 3.69. The summed E-state index contributed by atoms with van der Waals surface area (Å²) in [7, 11) is 0. The number of benzene rings is 3. The maximum atomic E-state index is 13.7. The van der Waals surface area contributed by atoms with Crippen molar-refractivity contribution < 1.29 is 14.3 Å². The second-order valence-electron chi connectivity index (χ2n) is 9.31. The van der Waals surface area contributed by atoms with Crippen molar-refractivity contribution in [2.24, 2.45) is 0 Å². The predicted octanol–water partition coefficient (Wildman–Crippen LogP) is 5.96. The van der Waals surface area contributed by atoms with Gasteiger partial charge in [0.2, 0.25) is 5.95 Å². The molecule has 2 N–H and O–H groups in total. The highest BCUT2D eigenvalue weighted by Crippen LogP contribution is 2.43. The number of rotatable bonds is 8. The molecule has 1 atom stereocenters. The van der Waals surface area contributed by atoms with Crippen LogP contribution < -0.4 is 20.1 Å². The number of allylic oxidation sites excluding steroid dienone is 1. The molecule has 4 aromatic rings. The number of halogens is 1. The highest BCUT2D eigenvalue weighted by molar-refractivity contribution is 9.10. The summed E-state index contributed by atoms with van der Waals surface area (Å²) in [6.45, 7) is 8.64. The Morgan fingerprint density at radius 1 is 1.08 bits per heavy atom. The van der Waals surface area contributed by atoms with Gasteiger partial charge in [0, 0.05) is 11.4 Å².